The van der Waals surface area contributed by atoms with Crippen LogP contribution >= 0.6 is 0 Å². The van der Waals surface area contributed by atoms with E-state index in [9.17, 15) is 0 Å². The summed E-state index contributed by atoms with van der Waals surface area (Å²) >= 11 is 0. The van der Waals surface area contributed by atoms with Crippen LogP contribution in [-0.4, -0.2) is 53.5 Å². The third-order valence-electron chi connectivity index (χ3n) is 4.87. The molecule has 2 heterocycles. The van der Waals surface area contributed by atoms with E-state index >= 15 is 0 Å². The molecule has 0 aliphatic carbocycles. The monoisotopic (exact) mass is 270 g/mol. The molecule has 0 amide bonds. The fourth-order valence-corrected chi connectivity index (χ4v) is 4.12. The lowest BCUT2D eigenvalue weighted by Gasteiger charge is -2.53. The second-order valence-corrected chi connectivity index (χ2v) is 7.43. The van der Waals surface area contributed by atoms with Crippen molar-refractivity contribution in [3.05, 3.63) is 0 Å². The van der Waals surface area contributed by atoms with Crippen LogP contribution < -0.4 is 5.73 Å². The second-order valence-electron chi connectivity index (χ2n) is 7.43. The first-order chi connectivity index (χ1) is 8.63. The molecule has 2 N–H and O–H groups in total. The summed E-state index contributed by atoms with van der Waals surface area (Å²) in [4.78, 5) is 2.54. The summed E-state index contributed by atoms with van der Waals surface area (Å²) in [6.45, 7) is 15.4. The van der Waals surface area contributed by atoms with Gasteiger partial charge < -0.3 is 15.2 Å². The molecule has 2 aliphatic rings. The number of ether oxygens (including phenoxy) is 2. The molecule has 2 rings (SSSR count). The number of nitrogens with two attached hydrogens (primary N) is 1. The van der Waals surface area contributed by atoms with Crippen LogP contribution in [0.25, 0.3) is 0 Å². The molecule has 19 heavy (non-hydrogen) atoms. The standard InChI is InChI=1S/C15H30N2O2/c1-11-8-18-12(2)7-17(11)15(10-16)9-13(3,4)19-14(15,5)6/h11-12H,7-10,16H2,1-6H3. The van der Waals surface area contributed by atoms with Gasteiger partial charge in [-0.3, -0.25) is 4.90 Å². The summed E-state index contributed by atoms with van der Waals surface area (Å²) < 4.78 is 12.1. The van der Waals surface area contributed by atoms with Crippen LogP contribution in [0.2, 0.25) is 0 Å². The van der Waals surface area contributed by atoms with Gasteiger partial charge in [0.2, 0.25) is 0 Å². The normalized spacial score (nSPS) is 42.5. The maximum atomic E-state index is 6.32. The molecule has 4 heteroatoms. The van der Waals surface area contributed by atoms with E-state index in [-0.39, 0.29) is 22.8 Å². The lowest BCUT2D eigenvalue weighted by Crippen LogP contribution is -2.68. The SMILES string of the molecule is CC1CN(C2(CN)CC(C)(C)OC2(C)C)C(C)CO1. The Morgan fingerprint density at radius 2 is 1.84 bits per heavy atom. The second kappa shape index (κ2) is 4.69. The van der Waals surface area contributed by atoms with Crippen LogP contribution in [0.3, 0.4) is 0 Å². The van der Waals surface area contributed by atoms with Gasteiger partial charge in [-0.05, 0) is 48.0 Å². The average Bonchev–Trinajstić information content (AvgIpc) is 2.47. The maximum Gasteiger partial charge on any atom is 0.0830 e. The van der Waals surface area contributed by atoms with Crippen molar-refractivity contribution in [1.82, 2.24) is 4.90 Å². The Labute approximate surface area is 117 Å². The predicted molar refractivity (Wildman–Crippen MR) is 77.2 cm³/mol. The summed E-state index contributed by atoms with van der Waals surface area (Å²) in [6, 6.07) is 0.386. The fraction of sp³-hybridized carbons (Fsp3) is 1.00. The van der Waals surface area contributed by atoms with Crippen LogP contribution in [0, 0.1) is 0 Å². The quantitative estimate of drug-likeness (QED) is 0.831. The Morgan fingerprint density at radius 3 is 2.32 bits per heavy atom. The number of hydrogen-bond acceptors (Lipinski definition) is 4. The minimum absolute atomic E-state index is 0.103. The molecule has 2 saturated heterocycles. The molecule has 3 atom stereocenters. The minimum Gasteiger partial charge on any atom is -0.376 e. The molecule has 0 aromatic rings. The average molecular weight is 270 g/mol. The van der Waals surface area contributed by atoms with Gasteiger partial charge in [0.15, 0.2) is 0 Å². The first kappa shape index (κ1) is 15.2. The minimum atomic E-state index is -0.240. The molecule has 0 bridgehead atoms. The molecule has 2 fully saturated rings. The van der Waals surface area contributed by atoms with Gasteiger partial charge >= 0.3 is 0 Å². The van der Waals surface area contributed by atoms with Crippen molar-refractivity contribution < 1.29 is 9.47 Å². The molecule has 0 aromatic heterocycles. The number of morpholine rings is 1. The van der Waals surface area contributed by atoms with Gasteiger partial charge in [0.1, 0.15) is 0 Å². The van der Waals surface area contributed by atoms with Crippen molar-refractivity contribution in [2.75, 3.05) is 19.7 Å². The summed E-state index contributed by atoms with van der Waals surface area (Å²) in [6.07, 6.45) is 1.24. The van der Waals surface area contributed by atoms with Gasteiger partial charge in [0, 0.05) is 19.1 Å². The van der Waals surface area contributed by atoms with Crippen molar-refractivity contribution in [1.29, 1.82) is 0 Å². The van der Waals surface area contributed by atoms with Gasteiger partial charge in [-0.25, -0.2) is 0 Å². The van der Waals surface area contributed by atoms with Gasteiger partial charge in [-0.1, -0.05) is 0 Å². The van der Waals surface area contributed by atoms with Crippen LogP contribution in [0.4, 0.5) is 0 Å². The molecule has 4 nitrogen and oxygen atoms in total. The number of nitrogens with zero attached hydrogens (tertiary/aromatic N) is 1. The molecule has 0 saturated carbocycles. The summed E-state index contributed by atoms with van der Waals surface area (Å²) in [7, 11) is 0. The number of rotatable bonds is 2. The summed E-state index contributed by atoms with van der Waals surface area (Å²) in [5.41, 5.74) is 5.78. The highest BCUT2D eigenvalue weighted by Crippen LogP contribution is 2.49. The summed E-state index contributed by atoms with van der Waals surface area (Å²) in [5.74, 6) is 0. The molecular weight excluding hydrogens is 240 g/mol. The van der Waals surface area contributed by atoms with Crippen molar-refractivity contribution in [2.45, 2.75) is 76.9 Å². The molecular formula is C15H30N2O2. The topological polar surface area (TPSA) is 47.7 Å². The Hall–Kier alpha value is -0.160. The van der Waals surface area contributed by atoms with Crippen molar-refractivity contribution in [3.63, 3.8) is 0 Å². The fourth-order valence-electron chi connectivity index (χ4n) is 4.12. The number of hydrogen-bond donors (Lipinski definition) is 1. The van der Waals surface area contributed by atoms with E-state index in [4.69, 9.17) is 15.2 Å². The smallest absolute Gasteiger partial charge is 0.0830 e. The van der Waals surface area contributed by atoms with E-state index in [0.29, 0.717) is 12.6 Å². The van der Waals surface area contributed by atoms with Crippen molar-refractivity contribution in [2.24, 2.45) is 5.73 Å². The third kappa shape index (κ3) is 2.44. The van der Waals surface area contributed by atoms with E-state index in [1.165, 1.54) is 0 Å². The molecule has 0 aromatic carbocycles. The van der Waals surface area contributed by atoms with Crippen LogP contribution in [0.15, 0.2) is 0 Å². The van der Waals surface area contributed by atoms with Gasteiger partial charge in [-0.15, -0.1) is 0 Å². The predicted octanol–water partition coefficient (Wildman–Crippen LogP) is 1.77. The lowest BCUT2D eigenvalue weighted by atomic mass is 9.76. The van der Waals surface area contributed by atoms with Gasteiger partial charge in [0.25, 0.3) is 0 Å². The van der Waals surface area contributed by atoms with Crippen LogP contribution in [0.5, 0.6) is 0 Å². The van der Waals surface area contributed by atoms with Crippen molar-refractivity contribution >= 4 is 0 Å². The highest BCUT2D eigenvalue weighted by Gasteiger charge is 2.60. The van der Waals surface area contributed by atoms with E-state index in [2.05, 4.69) is 46.4 Å². The van der Waals surface area contributed by atoms with Crippen LogP contribution in [0.1, 0.15) is 48.0 Å². The van der Waals surface area contributed by atoms with E-state index < -0.39 is 0 Å². The van der Waals surface area contributed by atoms with E-state index in [1.807, 2.05) is 0 Å². The molecule has 2 aliphatic heterocycles. The Morgan fingerprint density at radius 1 is 1.21 bits per heavy atom. The first-order valence-electron chi connectivity index (χ1n) is 7.42. The van der Waals surface area contributed by atoms with Crippen LogP contribution in [-0.2, 0) is 9.47 Å². The van der Waals surface area contributed by atoms with Gasteiger partial charge in [-0.2, -0.15) is 0 Å². The third-order valence-corrected chi connectivity index (χ3v) is 4.87. The Kier molecular flexibility index (Phi) is 3.76. The van der Waals surface area contributed by atoms with Crippen molar-refractivity contribution in [3.8, 4) is 0 Å². The van der Waals surface area contributed by atoms with E-state index in [1.54, 1.807) is 0 Å². The maximum absolute atomic E-state index is 6.32. The largest absolute Gasteiger partial charge is 0.376 e. The zero-order chi connectivity index (χ0) is 14.5. The molecule has 112 valence electrons. The highest BCUT2D eigenvalue weighted by molar-refractivity contribution is 5.14. The van der Waals surface area contributed by atoms with E-state index in [0.717, 1.165) is 19.6 Å². The highest BCUT2D eigenvalue weighted by atomic mass is 16.5. The first-order valence-corrected chi connectivity index (χ1v) is 7.42. The van der Waals surface area contributed by atoms with Gasteiger partial charge in [0.05, 0.1) is 29.5 Å². The Bertz CT molecular complexity index is 343. The lowest BCUT2D eigenvalue weighted by molar-refractivity contribution is -0.144. The zero-order valence-electron chi connectivity index (χ0n) is 13.3. The zero-order valence-corrected chi connectivity index (χ0v) is 13.3. The molecule has 0 radical (unpaired) electrons. The molecule has 3 unspecified atom stereocenters. The Balaban J connectivity index is 2.36. The summed E-state index contributed by atoms with van der Waals surface area (Å²) in [5, 5.41) is 0. The molecule has 0 spiro atoms.